The van der Waals surface area contributed by atoms with Crippen molar-refractivity contribution in [1.82, 2.24) is 4.98 Å². The second-order valence-electron chi connectivity index (χ2n) is 4.88. The Morgan fingerprint density at radius 2 is 2.16 bits per heavy atom. The quantitative estimate of drug-likeness (QED) is 0.728. The summed E-state index contributed by atoms with van der Waals surface area (Å²) < 4.78 is 1.26. The molecule has 2 nitrogen and oxygen atoms in total. The van der Waals surface area contributed by atoms with Crippen molar-refractivity contribution in [2.75, 3.05) is 5.32 Å². The lowest BCUT2D eigenvalue weighted by Gasteiger charge is -2.23. The van der Waals surface area contributed by atoms with Gasteiger partial charge in [0.25, 0.3) is 0 Å². The molecule has 96 valence electrons. The fraction of sp³-hybridized carbons (Fsp3) is 0.267. The number of aryl methyl sites for hydroxylation is 1. The van der Waals surface area contributed by atoms with Gasteiger partial charge in [0.05, 0.1) is 16.3 Å². The van der Waals surface area contributed by atoms with Crippen molar-refractivity contribution in [2.45, 2.75) is 25.3 Å². The van der Waals surface area contributed by atoms with Crippen molar-refractivity contribution >= 4 is 38.0 Å². The molecule has 0 amide bonds. The Morgan fingerprint density at radius 3 is 3.11 bits per heavy atom. The van der Waals surface area contributed by atoms with Crippen LogP contribution in [0.25, 0.3) is 10.2 Å². The Bertz CT molecular complexity index is 681. The SMILES string of the molecule is c1ccc2sc(NC3CCCc4sccc43)nc2c1. The molecule has 1 aliphatic rings. The second-order valence-corrected chi connectivity index (χ2v) is 6.91. The molecule has 4 rings (SSSR count). The lowest BCUT2D eigenvalue weighted by atomic mass is 9.94. The summed E-state index contributed by atoms with van der Waals surface area (Å²) in [6.45, 7) is 0. The third-order valence-corrected chi connectivity index (χ3v) is 5.61. The van der Waals surface area contributed by atoms with E-state index in [1.165, 1.54) is 29.5 Å². The van der Waals surface area contributed by atoms with Gasteiger partial charge in [-0.3, -0.25) is 0 Å². The molecule has 1 atom stereocenters. The summed E-state index contributed by atoms with van der Waals surface area (Å²) in [4.78, 5) is 6.22. The molecule has 2 aromatic heterocycles. The van der Waals surface area contributed by atoms with E-state index in [0.29, 0.717) is 6.04 Å². The maximum absolute atomic E-state index is 4.67. The number of thiophene rings is 1. The maximum atomic E-state index is 4.67. The third kappa shape index (κ3) is 2.05. The fourth-order valence-electron chi connectivity index (χ4n) is 2.72. The van der Waals surface area contributed by atoms with Crippen LogP contribution in [0.1, 0.15) is 29.3 Å². The van der Waals surface area contributed by atoms with Gasteiger partial charge in [-0.2, -0.15) is 0 Å². The summed E-state index contributed by atoms with van der Waals surface area (Å²) in [7, 11) is 0. The Morgan fingerprint density at radius 1 is 1.21 bits per heavy atom. The molecule has 1 unspecified atom stereocenters. The number of aromatic nitrogens is 1. The lowest BCUT2D eigenvalue weighted by Crippen LogP contribution is -2.15. The molecule has 2 heterocycles. The van der Waals surface area contributed by atoms with Gasteiger partial charge in [-0.25, -0.2) is 4.98 Å². The van der Waals surface area contributed by atoms with Gasteiger partial charge in [0, 0.05) is 4.88 Å². The van der Waals surface area contributed by atoms with E-state index in [2.05, 4.69) is 39.9 Å². The lowest BCUT2D eigenvalue weighted by molar-refractivity contribution is 0.608. The number of anilines is 1. The minimum absolute atomic E-state index is 0.440. The van der Waals surface area contributed by atoms with Gasteiger partial charge >= 0.3 is 0 Å². The molecule has 3 aromatic rings. The van der Waals surface area contributed by atoms with E-state index >= 15 is 0 Å². The highest BCUT2D eigenvalue weighted by Crippen LogP contribution is 2.37. The van der Waals surface area contributed by atoms with Crippen molar-refractivity contribution in [2.24, 2.45) is 0 Å². The zero-order valence-corrected chi connectivity index (χ0v) is 12.1. The Hall–Kier alpha value is -1.39. The van der Waals surface area contributed by atoms with Crippen molar-refractivity contribution in [3.8, 4) is 0 Å². The normalized spacial score (nSPS) is 18.4. The topological polar surface area (TPSA) is 24.9 Å². The van der Waals surface area contributed by atoms with Crippen molar-refractivity contribution in [3.05, 3.63) is 46.2 Å². The number of thiazole rings is 1. The summed E-state index contributed by atoms with van der Waals surface area (Å²) >= 11 is 3.64. The number of nitrogens with one attached hydrogen (secondary N) is 1. The van der Waals surface area contributed by atoms with Crippen LogP contribution in [0.5, 0.6) is 0 Å². The molecule has 4 heteroatoms. The molecule has 0 bridgehead atoms. The van der Waals surface area contributed by atoms with Crippen LogP contribution in [0.15, 0.2) is 35.7 Å². The van der Waals surface area contributed by atoms with Crippen LogP contribution in [0.3, 0.4) is 0 Å². The van der Waals surface area contributed by atoms with Crippen LogP contribution < -0.4 is 5.32 Å². The van der Waals surface area contributed by atoms with E-state index in [0.717, 1.165) is 10.6 Å². The molecule has 0 saturated heterocycles. The molecule has 19 heavy (non-hydrogen) atoms. The van der Waals surface area contributed by atoms with Gasteiger partial charge in [0.15, 0.2) is 5.13 Å². The van der Waals surface area contributed by atoms with Crippen LogP contribution in [0.2, 0.25) is 0 Å². The first-order chi connectivity index (χ1) is 9.40. The number of para-hydroxylation sites is 1. The highest BCUT2D eigenvalue weighted by atomic mass is 32.1. The third-order valence-electron chi connectivity index (χ3n) is 3.64. The summed E-state index contributed by atoms with van der Waals surface area (Å²) in [5, 5.41) is 6.88. The van der Waals surface area contributed by atoms with E-state index in [1.807, 2.05) is 17.4 Å². The van der Waals surface area contributed by atoms with Gasteiger partial charge in [0.2, 0.25) is 0 Å². The predicted molar refractivity (Wildman–Crippen MR) is 83.2 cm³/mol. The van der Waals surface area contributed by atoms with Gasteiger partial charge in [-0.15, -0.1) is 11.3 Å². The van der Waals surface area contributed by atoms with E-state index in [1.54, 1.807) is 16.2 Å². The smallest absolute Gasteiger partial charge is 0.184 e. The number of benzene rings is 1. The number of nitrogens with zero attached hydrogens (tertiary/aromatic N) is 1. The monoisotopic (exact) mass is 286 g/mol. The molecule has 1 N–H and O–H groups in total. The molecule has 1 aromatic carbocycles. The first-order valence-electron chi connectivity index (χ1n) is 6.58. The molecule has 0 spiro atoms. The van der Waals surface area contributed by atoms with Crippen molar-refractivity contribution in [1.29, 1.82) is 0 Å². The average molecular weight is 286 g/mol. The van der Waals surface area contributed by atoms with Gasteiger partial charge < -0.3 is 5.32 Å². The molecular formula is C15H14N2S2. The Kier molecular flexibility index (Phi) is 2.78. The molecule has 0 saturated carbocycles. The number of hydrogen-bond acceptors (Lipinski definition) is 4. The first kappa shape index (κ1) is 11.4. The summed E-state index contributed by atoms with van der Waals surface area (Å²) in [6, 6.07) is 11.0. The van der Waals surface area contributed by atoms with Gasteiger partial charge in [-0.05, 0) is 48.4 Å². The number of hydrogen-bond donors (Lipinski definition) is 1. The van der Waals surface area contributed by atoms with Gasteiger partial charge in [-0.1, -0.05) is 23.5 Å². The summed E-state index contributed by atoms with van der Waals surface area (Å²) in [5.74, 6) is 0. The summed E-state index contributed by atoms with van der Waals surface area (Å²) in [5.41, 5.74) is 2.58. The standard InChI is InChI=1S/C15H14N2S2/c1-2-6-14-12(4-1)17-15(19-14)16-11-5-3-7-13-10(11)8-9-18-13/h1-2,4,6,8-9,11H,3,5,7H2,(H,16,17). The van der Waals surface area contributed by atoms with E-state index < -0.39 is 0 Å². The summed E-state index contributed by atoms with van der Waals surface area (Å²) in [6.07, 6.45) is 3.72. The molecule has 0 fully saturated rings. The molecule has 1 aliphatic carbocycles. The largest absolute Gasteiger partial charge is 0.355 e. The van der Waals surface area contributed by atoms with Crippen LogP contribution >= 0.6 is 22.7 Å². The first-order valence-corrected chi connectivity index (χ1v) is 8.28. The minimum Gasteiger partial charge on any atom is -0.355 e. The maximum Gasteiger partial charge on any atom is 0.184 e. The van der Waals surface area contributed by atoms with Crippen LogP contribution in [0, 0.1) is 0 Å². The minimum atomic E-state index is 0.440. The van der Waals surface area contributed by atoms with Gasteiger partial charge in [0.1, 0.15) is 0 Å². The number of rotatable bonds is 2. The van der Waals surface area contributed by atoms with E-state index in [4.69, 9.17) is 0 Å². The predicted octanol–water partition coefficient (Wildman–Crippen LogP) is 4.85. The Labute approximate surface area is 120 Å². The van der Waals surface area contributed by atoms with E-state index in [9.17, 15) is 0 Å². The zero-order chi connectivity index (χ0) is 12.7. The van der Waals surface area contributed by atoms with Crippen LogP contribution in [0.4, 0.5) is 5.13 Å². The highest BCUT2D eigenvalue weighted by Gasteiger charge is 2.21. The second kappa shape index (κ2) is 4.62. The zero-order valence-electron chi connectivity index (χ0n) is 10.4. The van der Waals surface area contributed by atoms with Crippen molar-refractivity contribution in [3.63, 3.8) is 0 Å². The van der Waals surface area contributed by atoms with Crippen LogP contribution in [-0.2, 0) is 6.42 Å². The molecule has 0 radical (unpaired) electrons. The number of fused-ring (bicyclic) bond motifs is 2. The molecular weight excluding hydrogens is 272 g/mol. The van der Waals surface area contributed by atoms with E-state index in [-0.39, 0.29) is 0 Å². The van der Waals surface area contributed by atoms with Crippen molar-refractivity contribution < 1.29 is 0 Å². The molecule has 0 aliphatic heterocycles. The fourth-order valence-corrected chi connectivity index (χ4v) is 4.63. The van der Waals surface area contributed by atoms with Crippen LogP contribution in [-0.4, -0.2) is 4.98 Å². The highest BCUT2D eigenvalue weighted by molar-refractivity contribution is 7.22. The average Bonchev–Trinajstić information content (AvgIpc) is 3.04. The Balaban J connectivity index is 1.65.